The van der Waals surface area contributed by atoms with Gasteiger partial charge in [-0.25, -0.2) is 9.59 Å². The van der Waals surface area contributed by atoms with Crippen LogP contribution in [0, 0.1) is 0 Å². The minimum absolute atomic E-state index is 0.179. The normalized spacial score (nSPS) is 11.6. The van der Waals surface area contributed by atoms with Gasteiger partial charge in [-0.2, -0.15) is 0 Å². The van der Waals surface area contributed by atoms with Crippen LogP contribution < -0.4 is 5.32 Å². The largest absolute Gasteiger partial charge is 0.465 e. The van der Waals surface area contributed by atoms with Crippen molar-refractivity contribution < 1.29 is 23.9 Å². The van der Waals surface area contributed by atoms with Gasteiger partial charge in [-0.3, -0.25) is 4.79 Å². The van der Waals surface area contributed by atoms with Gasteiger partial charge in [0.05, 0.1) is 18.7 Å². The number of ether oxygens (including phenoxy) is 2. The van der Waals surface area contributed by atoms with E-state index in [4.69, 9.17) is 4.74 Å². The van der Waals surface area contributed by atoms with Gasteiger partial charge in [0.2, 0.25) is 0 Å². The third kappa shape index (κ3) is 6.43. The number of carbonyl (C=O) groups is 3. The lowest BCUT2D eigenvalue weighted by molar-refractivity contribution is -0.144. The molecule has 6 nitrogen and oxygen atoms in total. The van der Waals surface area contributed by atoms with Crippen LogP contribution in [-0.2, 0) is 19.1 Å². The number of hydrogen-bond donors (Lipinski definition) is 1. The van der Waals surface area contributed by atoms with E-state index in [9.17, 15) is 14.4 Å². The zero-order valence-electron chi connectivity index (χ0n) is 15.2. The first-order chi connectivity index (χ1) is 13.0. The van der Waals surface area contributed by atoms with Crippen LogP contribution in [0.2, 0.25) is 0 Å². The van der Waals surface area contributed by atoms with E-state index in [0.29, 0.717) is 11.1 Å². The minimum Gasteiger partial charge on any atom is -0.465 e. The maximum atomic E-state index is 11.9. The van der Waals surface area contributed by atoms with Crippen molar-refractivity contribution in [1.29, 1.82) is 0 Å². The summed E-state index contributed by atoms with van der Waals surface area (Å²) in [7, 11) is 1.31. The topological polar surface area (TPSA) is 81.7 Å². The van der Waals surface area contributed by atoms with E-state index in [0.717, 1.165) is 5.56 Å². The van der Waals surface area contributed by atoms with E-state index in [2.05, 4.69) is 10.1 Å². The molecule has 1 amide bonds. The van der Waals surface area contributed by atoms with Crippen LogP contribution >= 0.6 is 0 Å². The molecule has 0 fully saturated rings. The molecular formula is C21H21NO5. The highest BCUT2D eigenvalue weighted by Crippen LogP contribution is 2.11. The molecule has 0 aliphatic carbocycles. The van der Waals surface area contributed by atoms with Crippen LogP contribution in [0.1, 0.15) is 34.5 Å². The molecule has 1 N–H and O–H groups in total. The Morgan fingerprint density at radius 1 is 1.04 bits per heavy atom. The first-order valence-corrected chi connectivity index (χ1v) is 8.37. The summed E-state index contributed by atoms with van der Waals surface area (Å²) in [5.74, 6) is -1.44. The Labute approximate surface area is 157 Å². The average molecular weight is 367 g/mol. The van der Waals surface area contributed by atoms with E-state index >= 15 is 0 Å². The van der Waals surface area contributed by atoms with Crippen molar-refractivity contribution >= 4 is 23.9 Å². The lowest BCUT2D eigenvalue weighted by atomic mass is 10.1. The van der Waals surface area contributed by atoms with Crippen LogP contribution in [-0.4, -0.2) is 31.6 Å². The number of methoxy groups -OCH3 is 1. The van der Waals surface area contributed by atoms with E-state index in [1.165, 1.54) is 19.3 Å². The van der Waals surface area contributed by atoms with Gasteiger partial charge < -0.3 is 14.8 Å². The Morgan fingerprint density at radius 3 is 2.33 bits per heavy atom. The van der Waals surface area contributed by atoms with Crippen molar-refractivity contribution in [3.63, 3.8) is 0 Å². The Balaban J connectivity index is 1.79. The Kier molecular flexibility index (Phi) is 7.31. The second-order valence-electron chi connectivity index (χ2n) is 5.75. The minimum atomic E-state index is -0.630. The van der Waals surface area contributed by atoms with Gasteiger partial charge in [0, 0.05) is 6.08 Å². The van der Waals surface area contributed by atoms with Crippen molar-refractivity contribution in [2.24, 2.45) is 0 Å². The molecule has 0 saturated carbocycles. The lowest BCUT2D eigenvalue weighted by Crippen LogP contribution is -2.30. The van der Waals surface area contributed by atoms with Crippen molar-refractivity contribution in [2.75, 3.05) is 13.7 Å². The second kappa shape index (κ2) is 9.91. The fourth-order valence-corrected chi connectivity index (χ4v) is 2.31. The summed E-state index contributed by atoms with van der Waals surface area (Å²) in [6.07, 6.45) is 2.76. The molecule has 0 spiro atoms. The highest BCUT2D eigenvalue weighted by atomic mass is 16.5. The molecule has 0 aliphatic rings. The average Bonchev–Trinajstić information content (AvgIpc) is 2.71. The SMILES string of the molecule is COC(=O)c1ccc(/C=C/C(=O)OCC(=O)N[C@@H](C)c2ccccc2)cc1. The number of amides is 1. The third-order valence-corrected chi connectivity index (χ3v) is 3.77. The predicted octanol–water partition coefficient (Wildman–Crippen LogP) is 2.91. The highest BCUT2D eigenvalue weighted by Gasteiger charge is 2.10. The quantitative estimate of drug-likeness (QED) is 0.601. The van der Waals surface area contributed by atoms with Crippen LogP contribution in [0.5, 0.6) is 0 Å². The third-order valence-electron chi connectivity index (χ3n) is 3.77. The molecule has 0 aromatic heterocycles. The van der Waals surface area contributed by atoms with Gasteiger partial charge in [-0.05, 0) is 36.3 Å². The van der Waals surface area contributed by atoms with Crippen LogP contribution in [0.4, 0.5) is 0 Å². The van der Waals surface area contributed by atoms with Gasteiger partial charge in [0.1, 0.15) is 0 Å². The number of nitrogens with one attached hydrogen (secondary N) is 1. The summed E-state index contributed by atoms with van der Waals surface area (Å²) in [5.41, 5.74) is 2.09. The van der Waals surface area contributed by atoms with Crippen LogP contribution in [0.15, 0.2) is 60.7 Å². The van der Waals surface area contributed by atoms with Crippen molar-refractivity contribution in [1.82, 2.24) is 5.32 Å². The van der Waals surface area contributed by atoms with E-state index in [1.807, 2.05) is 37.3 Å². The molecule has 0 radical (unpaired) electrons. The molecule has 140 valence electrons. The molecule has 0 heterocycles. The predicted molar refractivity (Wildman–Crippen MR) is 101 cm³/mol. The monoisotopic (exact) mass is 367 g/mol. The first-order valence-electron chi connectivity index (χ1n) is 8.37. The fourth-order valence-electron chi connectivity index (χ4n) is 2.31. The van der Waals surface area contributed by atoms with Crippen molar-refractivity contribution in [3.8, 4) is 0 Å². The zero-order valence-corrected chi connectivity index (χ0v) is 15.2. The molecule has 2 rings (SSSR count). The Morgan fingerprint density at radius 2 is 1.70 bits per heavy atom. The van der Waals surface area contributed by atoms with E-state index < -0.39 is 11.9 Å². The van der Waals surface area contributed by atoms with Gasteiger partial charge in [-0.1, -0.05) is 42.5 Å². The van der Waals surface area contributed by atoms with Crippen molar-refractivity contribution in [2.45, 2.75) is 13.0 Å². The summed E-state index contributed by atoms with van der Waals surface area (Å²) in [4.78, 5) is 35.0. The molecule has 1 atom stereocenters. The number of hydrogen-bond acceptors (Lipinski definition) is 5. The summed E-state index contributed by atoms with van der Waals surface area (Å²) in [5, 5.41) is 2.76. The maximum absolute atomic E-state index is 11.9. The fraction of sp³-hybridized carbons (Fsp3) is 0.190. The standard InChI is InChI=1S/C21H21NO5/c1-15(17-6-4-3-5-7-17)22-19(23)14-27-20(24)13-10-16-8-11-18(12-9-16)21(25)26-2/h3-13,15H,14H2,1-2H3,(H,22,23)/b13-10+/t15-/m0/s1. The summed E-state index contributed by atoms with van der Waals surface area (Å²) < 4.78 is 9.55. The first kappa shape index (κ1) is 19.9. The molecule has 6 heteroatoms. The van der Waals surface area contributed by atoms with E-state index in [-0.39, 0.29) is 18.6 Å². The molecule has 0 unspecified atom stereocenters. The van der Waals surface area contributed by atoms with Gasteiger partial charge >= 0.3 is 11.9 Å². The zero-order chi connectivity index (χ0) is 19.6. The summed E-state index contributed by atoms with van der Waals surface area (Å²) in [6.45, 7) is 1.49. The van der Waals surface area contributed by atoms with Gasteiger partial charge in [-0.15, -0.1) is 0 Å². The molecule has 0 saturated heterocycles. The molecular weight excluding hydrogens is 346 g/mol. The number of carbonyl (C=O) groups excluding carboxylic acids is 3. The maximum Gasteiger partial charge on any atom is 0.337 e. The van der Waals surface area contributed by atoms with Crippen LogP contribution in [0.3, 0.4) is 0 Å². The Hall–Kier alpha value is -3.41. The smallest absolute Gasteiger partial charge is 0.337 e. The second-order valence-corrected chi connectivity index (χ2v) is 5.75. The molecule has 2 aromatic carbocycles. The highest BCUT2D eigenvalue weighted by molar-refractivity contribution is 5.91. The molecule has 0 bridgehead atoms. The van der Waals surface area contributed by atoms with E-state index in [1.54, 1.807) is 24.3 Å². The lowest BCUT2D eigenvalue weighted by Gasteiger charge is -2.13. The number of esters is 2. The van der Waals surface area contributed by atoms with Crippen molar-refractivity contribution in [3.05, 3.63) is 77.4 Å². The Bertz CT molecular complexity index is 812. The summed E-state index contributed by atoms with van der Waals surface area (Å²) >= 11 is 0. The van der Waals surface area contributed by atoms with Gasteiger partial charge in [0.25, 0.3) is 5.91 Å². The summed E-state index contributed by atoms with van der Waals surface area (Å²) in [6, 6.07) is 15.8. The molecule has 27 heavy (non-hydrogen) atoms. The van der Waals surface area contributed by atoms with Crippen LogP contribution in [0.25, 0.3) is 6.08 Å². The number of rotatable bonds is 7. The molecule has 2 aromatic rings. The molecule has 0 aliphatic heterocycles. The van der Waals surface area contributed by atoms with Gasteiger partial charge in [0.15, 0.2) is 6.61 Å². The number of benzene rings is 2.